The molecule has 0 atom stereocenters. The molecule has 1 fully saturated rings. The molecule has 0 bridgehead atoms. The number of carbonyl (C=O) groups is 1. The van der Waals surface area contributed by atoms with Crippen LogP contribution in [0.4, 0.5) is 11.4 Å². The molecule has 2 aliphatic rings. The third-order valence-corrected chi connectivity index (χ3v) is 6.91. The quantitative estimate of drug-likeness (QED) is 0.161. The number of aromatic nitrogens is 1. The molecule has 3 heterocycles. The Labute approximate surface area is 216 Å². The minimum atomic E-state index is 0. The lowest BCUT2D eigenvalue weighted by Crippen LogP contribution is -3.00. The van der Waals surface area contributed by atoms with E-state index in [4.69, 9.17) is 4.74 Å². The molecule has 5 nitrogen and oxygen atoms in total. The zero-order valence-corrected chi connectivity index (χ0v) is 21.5. The van der Waals surface area contributed by atoms with Crippen molar-refractivity contribution in [3.8, 4) is 11.3 Å². The first-order valence-electron chi connectivity index (χ1n) is 11.4. The first-order valence-corrected chi connectivity index (χ1v) is 11.4. The third-order valence-electron chi connectivity index (χ3n) is 6.91. The highest BCUT2D eigenvalue weighted by Gasteiger charge is 2.30. The van der Waals surface area contributed by atoms with E-state index in [0.29, 0.717) is 26.3 Å². The SMILES string of the molecule is CN1c2ccccc2-c2c3c1cccc3c1cc(/C=C/C(=O)N3CCOCC3)ccc1[n+]2C.[I-]. The highest BCUT2D eigenvalue weighted by Crippen LogP contribution is 2.46. The monoisotopic (exact) mass is 563 g/mol. The van der Waals surface area contributed by atoms with Crippen LogP contribution in [0.25, 0.3) is 39.0 Å². The van der Waals surface area contributed by atoms with Crippen LogP contribution in [-0.2, 0) is 16.6 Å². The number of nitrogens with zero attached hydrogens (tertiary/aromatic N) is 3. The van der Waals surface area contributed by atoms with E-state index in [1.54, 1.807) is 6.08 Å². The van der Waals surface area contributed by atoms with Crippen molar-refractivity contribution >= 4 is 45.0 Å². The van der Waals surface area contributed by atoms with Gasteiger partial charge in [0.25, 0.3) is 0 Å². The van der Waals surface area contributed by atoms with Gasteiger partial charge in [-0.2, -0.15) is 4.57 Å². The molecule has 0 saturated carbocycles. The van der Waals surface area contributed by atoms with Crippen molar-refractivity contribution in [3.05, 3.63) is 72.3 Å². The lowest BCUT2D eigenvalue weighted by atomic mass is 9.92. The first kappa shape index (κ1) is 22.8. The maximum atomic E-state index is 12.6. The molecular formula is C28H26IN3O2. The number of rotatable bonds is 2. The number of morpholine rings is 1. The predicted molar refractivity (Wildman–Crippen MR) is 133 cm³/mol. The van der Waals surface area contributed by atoms with Gasteiger partial charge in [0.2, 0.25) is 17.1 Å². The number of aryl methyl sites for hydroxylation is 1. The number of ether oxygens (including phenoxy) is 1. The fourth-order valence-electron chi connectivity index (χ4n) is 5.21. The number of anilines is 2. The van der Waals surface area contributed by atoms with Crippen molar-refractivity contribution in [2.75, 3.05) is 38.3 Å². The van der Waals surface area contributed by atoms with E-state index < -0.39 is 0 Å². The first-order chi connectivity index (χ1) is 16.1. The summed E-state index contributed by atoms with van der Waals surface area (Å²) in [4.78, 5) is 16.7. The van der Waals surface area contributed by atoms with Crippen LogP contribution in [0.3, 0.4) is 0 Å². The number of amides is 1. The van der Waals surface area contributed by atoms with Gasteiger partial charge in [-0.25, -0.2) is 0 Å². The van der Waals surface area contributed by atoms with Gasteiger partial charge in [-0.3, -0.25) is 4.79 Å². The fourth-order valence-corrected chi connectivity index (χ4v) is 5.21. The van der Waals surface area contributed by atoms with Crippen molar-refractivity contribution in [3.63, 3.8) is 0 Å². The van der Waals surface area contributed by atoms with Crippen LogP contribution in [0, 0.1) is 0 Å². The Kier molecular flexibility index (Phi) is 6.04. The van der Waals surface area contributed by atoms with Crippen LogP contribution in [0.2, 0.25) is 0 Å². The Balaban J connectivity index is 0.00000241. The molecule has 6 rings (SSSR count). The summed E-state index contributed by atoms with van der Waals surface area (Å²) in [6.45, 7) is 2.53. The molecule has 2 aliphatic heterocycles. The Hall–Kier alpha value is -2.97. The Morgan fingerprint density at radius 1 is 0.971 bits per heavy atom. The summed E-state index contributed by atoms with van der Waals surface area (Å²) in [5.41, 5.74) is 7.11. The molecule has 1 saturated heterocycles. The van der Waals surface area contributed by atoms with Gasteiger partial charge in [0.05, 0.1) is 40.9 Å². The predicted octanol–water partition coefficient (Wildman–Crippen LogP) is 1.44. The molecule has 0 unspecified atom stereocenters. The van der Waals surface area contributed by atoms with Crippen molar-refractivity contribution in [1.29, 1.82) is 0 Å². The fraction of sp³-hybridized carbons (Fsp3) is 0.214. The molecule has 0 N–H and O–H groups in total. The zero-order valence-electron chi connectivity index (χ0n) is 19.3. The Morgan fingerprint density at radius 3 is 2.56 bits per heavy atom. The largest absolute Gasteiger partial charge is 1.00 e. The normalized spacial score (nSPS) is 15.0. The van der Waals surface area contributed by atoms with Crippen molar-refractivity contribution in [2.24, 2.45) is 7.05 Å². The van der Waals surface area contributed by atoms with Crippen LogP contribution >= 0.6 is 0 Å². The number of fused-ring (bicyclic) bond motifs is 4. The average molecular weight is 563 g/mol. The lowest BCUT2D eigenvalue weighted by Gasteiger charge is -2.28. The molecule has 0 aliphatic carbocycles. The summed E-state index contributed by atoms with van der Waals surface area (Å²) in [7, 11) is 4.28. The number of pyridine rings is 1. The van der Waals surface area contributed by atoms with E-state index in [2.05, 4.69) is 84.2 Å². The second-order valence-corrected chi connectivity index (χ2v) is 8.73. The molecule has 1 amide bonds. The summed E-state index contributed by atoms with van der Waals surface area (Å²) in [5, 5.41) is 3.68. The van der Waals surface area contributed by atoms with Crippen LogP contribution in [-0.4, -0.2) is 44.2 Å². The smallest absolute Gasteiger partial charge is 0.246 e. The molecular weight excluding hydrogens is 537 g/mol. The highest BCUT2D eigenvalue weighted by molar-refractivity contribution is 6.17. The van der Waals surface area contributed by atoms with Crippen LogP contribution in [0.15, 0.2) is 66.7 Å². The molecule has 0 spiro atoms. The van der Waals surface area contributed by atoms with Crippen molar-refractivity contribution in [2.45, 2.75) is 0 Å². The second-order valence-electron chi connectivity index (χ2n) is 8.73. The van der Waals surface area contributed by atoms with E-state index in [0.717, 1.165) is 5.56 Å². The summed E-state index contributed by atoms with van der Waals surface area (Å²) < 4.78 is 7.66. The molecule has 172 valence electrons. The standard InChI is InChI=1S/C28H26N3O2.HI/c1-29-23-8-4-3-6-21(23)28-27-20(7-5-9-25(27)29)22-18-19(10-12-24(22)30(28)2)11-13-26(32)31-14-16-33-17-15-31;/h3-13,18H,14-17H2,1-2H3;1H/q+1;/p-1/b13-11+;. The number of halogens is 1. The van der Waals surface area contributed by atoms with E-state index in [-0.39, 0.29) is 29.9 Å². The molecule has 34 heavy (non-hydrogen) atoms. The van der Waals surface area contributed by atoms with Gasteiger partial charge in [0.15, 0.2) is 0 Å². The zero-order chi connectivity index (χ0) is 22.5. The summed E-state index contributed by atoms with van der Waals surface area (Å²) in [6.07, 6.45) is 3.61. The number of benzene rings is 3. The van der Waals surface area contributed by atoms with Crippen LogP contribution in [0.1, 0.15) is 5.56 Å². The van der Waals surface area contributed by atoms with Gasteiger partial charge in [-0.1, -0.05) is 24.3 Å². The van der Waals surface area contributed by atoms with Gasteiger partial charge >= 0.3 is 0 Å². The number of hydrogen-bond donors (Lipinski definition) is 0. The molecule has 0 radical (unpaired) electrons. The van der Waals surface area contributed by atoms with Crippen molar-refractivity contribution < 1.29 is 38.1 Å². The highest BCUT2D eigenvalue weighted by atomic mass is 127. The van der Waals surface area contributed by atoms with Crippen LogP contribution < -0.4 is 33.4 Å². The van der Waals surface area contributed by atoms with Gasteiger partial charge in [-0.15, -0.1) is 0 Å². The number of carbonyl (C=O) groups excluding carboxylic acids is 1. The summed E-state index contributed by atoms with van der Waals surface area (Å²) in [6, 6.07) is 21.6. The maximum Gasteiger partial charge on any atom is 0.246 e. The molecule has 4 aromatic rings. The maximum absolute atomic E-state index is 12.6. The lowest BCUT2D eigenvalue weighted by molar-refractivity contribution is -0.632. The van der Waals surface area contributed by atoms with E-state index in [1.807, 2.05) is 11.0 Å². The van der Waals surface area contributed by atoms with Gasteiger partial charge in [-0.05, 0) is 42.0 Å². The van der Waals surface area contributed by atoms with Gasteiger partial charge in [0, 0.05) is 37.7 Å². The Bertz CT molecular complexity index is 1460. The minimum absolute atomic E-state index is 0. The van der Waals surface area contributed by atoms with E-state index >= 15 is 0 Å². The summed E-state index contributed by atoms with van der Waals surface area (Å²) >= 11 is 0. The minimum Gasteiger partial charge on any atom is -1.00 e. The third kappa shape index (κ3) is 3.56. The molecule has 6 heteroatoms. The van der Waals surface area contributed by atoms with Crippen LogP contribution in [0.5, 0.6) is 0 Å². The van der Waals surface area contributed by atoms with Crippen molar-refractivity contribution in [1.82, 2.24) is 4.90 Å². The molecule has 1 aromatic heterocycles. The Morgan fingerprint density at radius 2 is 1.74 bits per heavy atom. The van der Waals surface area contributed by atoms with E-state index in [9.17, 15) is 4.79 Å². The van der Waals surface area contributed by atoms with Gasteiger partial charge < -0.3 is 38.5 Å². The second kappa shape index (κ2) is 9.00. The topological polar surface area (TPSA) is 36.7 Å². The number of hydrogen-bond acceptors (Lipinski definition) is 3. The van der Waals surface area contributed by atoms with Gasteiger partial charge in [0.1, 0.15) is 7.05 Å². The molecule has 3 aromatic carbocycles. The summed E-state index contributed by atoms with van der Waals surface area (Å²) in [5.74, 6) is 0.0408. The van der Waals surface area contributed by atoms with E-state index in [1.165, 1.54) is 44.3 Å². The number of para-hydroxylation sites is 1. The average Bonchev–Trinajstić information content (AvgIpc) is 2.87.